The molecule has 1 aliphatic rings. The van der Waals surface area contributed by atoms with Crippen molar-refractivity contribution >= 4 is 6.08 Å². The topological polar surface area (TPSA) is 9.23 Å². The van der Waals surface area contributed by atoms with E-state index in [1.807, 2.05) is 50.3 Å². The average molecular weight is 174 g/mol. The Kier molecular flexibility index (Phi) is 3.32. The van der Waals surface area contributed by atoms with Crippen LogP contribution in [0.25, 0.3) is 6.08 Å². The molecular weight excluding hydrogens is 160 g/mol. The zero-order chi connectivity index (χ0) is 9.68. The van der Waals surface area contributed by atoms with Gasteiger partial charge in [-0.2, -0.15) is 0 Å². The van der Waals surface area contributed by atoms with E-state index in [1.165, 1.54) is 0 Å². The van der Waals surface area contributed by atoms with Gasteiger partial charge in [-0.1, -0.05) is 38.6 Å². The van der Waals surface area contributed by atoms with E-state index in [2.05, 4.69) is 6.58 Å². The first-order chi connectivity index (χ1) is 6.36. The number of rotatable bonds is 0. The number of hydrogen-bond donors (Lipinski definition) is 0. The van der Waals surface area contributed by atoms with Crippen LogP contribution in [0, 0.1) is 0 Å². The molecule has 0 fully saturated rings. The highest BCUT2D eigenvalue weighted by atomic mass is 16.5. The Balaban J connectivity index is 0.000000396. The van der Waals surface area contributed by atoms with Crippen molar-refractivity contribution in [1.82, 2.24) is 0 Å². The molecule has 2 rings (SSSR count). The molecule has 0 radical (unpaired) electrons. The van der Waals surface area contributed by atoms with Gasteiger partial charge in [-0.25, -0.2) is 0 Å². The van der Waals surface area contributed by atoms with Crippen LogP contribution in [0.1, 0.15) is 19.4 Å². The quantitative estimate of drug-likeness (QED) is 0.583. The molecule has 0 bridgehead atoms. The maximum absolute atomic E-state index is 5.35. The lowest BCUT2D eigenvalue weighted by atomic mass is 10.1. The number of hydrogen-bond acceptors (Lipinski definition) is 1. The molecule has 0 aromatic heterocycles. The molecule has 0 amide bonds. The predicted molar refractivity (Wildman–Crippen MR) is 56.6 cm³/mol. The predicted octanol–water partition coefficient (Wildman–Crippen LogP) is 3.63. The molecule has 1 aliphatic heterocycles. The van der Waals surface area contributed by atoms with E-state index < -0.39 is 0 Å². The summed E-state index contributed by atoms with van der Waals surface area (Å²) >= 11 is 0. The molecule has 0 atom stereocenters. The van der Waals surface area contributed by atoms with Crippen molar-refractivity contribution in [1.29, 1.82) is 0 Å². The normalized spacial score (nSPS) is 12.3. The van der Waals surface area contributed by atoms with E-state index in [1.54, 1.807) is 0 Å². The minimum Gasteiger partial charge on any atom is -0.457 e. The lowest BCUT2D eigenvalue weighted by Gasteiger charge is -2.12. The molecule has 1 nitrogen and oxygen atoms in total. The summed E-state index contributed by atoms with van der Waals surface area (Å²) in [5, 5.41) is 0. The van der Waals surface area contributed by atoms with Gasteiger partial charge in [0.1, 0.15) is 11.5 Å². The van der Waals surface area contributed by atoms with Gasteiger partial charge in [-0.05, 0) is 18.2 Å². The van der Waals surface area contributed by atoms with Gasteiger partial charge in [0, 0.05) is 5.56 Å². The molecule has 1 aromatic carbocycles. The molecular formula is C12H14O. The highest BCUT2D eigenvalue weighted by Gasteiger charge is 2.04. The Bertz CT molecular complexity index is 324. The summed E-state index contributed by atoms with van der Waals surface area (Å²) in [6.07, 6.45) is 3.86. The van der Waals surface area contributed by atoms with Crippen molar-refractivity contribution in [2.75, 3.05) is 0 Å². The van der Waals surface area contributed by atoms with Crippen molar-refractivity contribution in [3.05, 3.63) is 48.2 Å². The Hall–Kier alpha value is -1.50. The van der Waals surface area contributed by atoms with Crippen LogP contribution in [-0.2, 0) is 0 Å². The third-order valence-corrected chi connectivity index (χ3v) is 1.61. The first kappa shape index (κ1) is 9.59. The van der Waals surface area contributed by atoms with Crippen molar-refractivity contribution in [3.8, 4) is 5.75 Å². The van der Waals surface area contributed by atoms with Crippen LogP contribution in [0.2, 0.25) is 0 Å². The summed E-state index contributed by atoms with van der Waals surface area (Å²) in [7, 11) is 0. The second-order valence-electron chi connectivity index (χ2n) is 2.44. The summed E-state index contributed by atoms with van der Waals surface area (Å²) in [4.78, 5) is 0. The maximum Gasteiger partial charge on any atom is 0.134 e. The number of ether oxygens (including phenoxy) is 1. The van der Waals surface area contributed by atoms with Crippen molar-refractivity contribution in [2.24, 2.45) is 0 Å². The number of benzene rings is 1. The number of para-hydroxylation sites is 1. The number of fused-ring (bicyclic) bond motifs is 1. The smallest absolute Gasteiger partial charge is 0.134 e. The summed E-state index contributed by atoms with van der Waals surface area (Å²) in [5.41, 5.74) is 1.11. The van der Waals surface area contributed by atoms with Gasteiger partial charge in [-0.15, -0.1) is 0 Å². The Labute approximate surface area is 79.4 Å². The molecule has 0 saturated heterocycles. The molecule has 1 aromatic rings. The molecule has 13 heavy (non-hydrogen) atoms. The van der Waals surface area contributed by atoms with Gasteiger partial charge in [0.05, 0.1) is 0 Å². The first-order valence-electron chi connectivity index (χ1n) is 4.50. The minimum absolute atomic E-state index is 0.698. The van der Waals surface area contributed by atoms with Gasteiger partial charge < -0.3 is 4.74 Å². The maximum atomic E-state index is 5.35. The Morgan fingerprint density at radius 3 is 2.54 bits per heavy atom. The van der Waals surface area contributed by atoms with Crippen LogP contribution in [0.4, 0.5) is 0 Å². The number of allylic oxidation sites excluding steroid dienone is 1. The summed E-state index contributed by atoms with van der Waals surface area (Å²) in [6, 6.07) is 7.88. The Morgan fingerprint density at radius 1 is 1.08 bits per heavy atom. The van der Waals surface area contributed by atoms with Crippen LogP contribution < -0.4 is 4.74 Å². The summed E-state index contributed by atoms with van der Waals surface area (Å²) < 4.78 is 5.35. The van der Waals surface area contributed by atoms with Crippen LogP contribution in [0.5, 0.6) is 5.75 Å². The van der Waals surface area contributed by atoms with Gasteiger partial charge in [0.25, 0.3) is 0 Å². The highest BCUT2D eigenvalue weighted by Crippen LogP contribution is 2.25. The highest BCUT2D eigenvalue weighted by molar-refractivity contribution is 5.62. The van der Waals surface area contributed by atoms with Gasteiger partial charge >= 0.3 is 0 Å². The van der Waals surface area contributed by atoms with Gasteiger partial charge in [-0.3, -0.25) is 0 Å². The second kappa shape index (κ2) is 4.51. The first-order valence-corrected chi connectivity index (χ1v) is 4.50. The zero-order valence-electron chi connectivity index (χ0n) is 8.08. The molecule has 68 valence electrons. The lowest BCUT2D eigenvalue weighted by Crippen LogP contribution is -1.96. The van der Waals surface area contributed by atoms with E-state index in [0.29, 0.717) is 5.76 Å². The lowest BCUT2D eigenvalue weighted by molar-refractivity contribution is 0.442. The molecule has 0 N–H and O–H groups in total. The van der Waals surface area contributed by atoms with E-state index >= 15 is 0 Å². The minimum atomic E-state index is 0.698. The van der Waals surface area contributed by atoms with Crippen LogP contribution in [-0.4, -0.2) is 0 Å². The van der Waals surface area contributed by atoms with E-state index in [9.17, 15) is 0 Å². The molecule has 0 saturated carbocycles. The van der Waals surface area contributed by atoms with E-state index in [4.69, 9.17) is 4.74 Å². The van der Waals surface area contributed by atoms with Gasteiger partial charge in [0.15, 0.2) is 0 Å². The molecule has 1 heteroatoms. The zero-order valence-corrected chi connectivity index (χ0v) is 8.08. The SMILES string of the molecule is C=C1C=Cc2ccccc2O1.CC. The molecule has 0 spiro atoms. The van der Waals surface area contributed by atoms with E-state index in [-0.39, 0.29) is 0 Å². The Morgan fingerprint density at radius 2 is 1.77 bits per heavy atom. The fourth-order valence-electron chi connectivity index (χ4n) is 1.07. The fourth-order valence-corrected chi connectivity index (χ4v) is 1.07. The average Bonchev–Trinajstić information content (AvgIpc) is 2.21. The monoisotopic (exact) mass is 174 g/mol. The largest absolute Gasteiger partial charge is 0.457 e. The van der Waals surface area contributed by atoms with Crippen LogP contribution in [0.3, 0.4) is 0 Å². The van der Waals surface area contributed by atoms with Crippen molar-refractivity contribution in [3.63, 3.8) is 0 Å². The third-order valence-electron chi connectivity index (χ3n) is 1.61. The third kappa shape index (κ3) is 2.22. The standard InChI is InChI=1S/C10H8O.C2H6/c1-8-6-7-9-4-2-3-5-10(9)11-8;1-2/h2-7H,1H2;1-2H3. The van der Waals surface area contributed by atoms with Gasteiger partial charge in [0.2, 0.25) is 0 Å². The summed E-state index contributed by atoms with van der Waals surface area (Å²) in [6.45, 7) is 7.70. The van der Waals surface area contributed by atoms with Crippen LogP contribution >= 0.6 is 0 Å². The van der Waals surface area contributed by atoms with Crippen molar-refractivity contribution < 1.29 is 4.74 Å². The second-order valence-corrected chi connectivity index (χ2v) is 2.44. The molecule has 1 heterocycles. The van der Waals surface area contributed by atoms with E-state index in [0.717, 1.165) is 11.3 Å². The fraction of sp³-hybridized carbons (Fsp3) is 0.167. The molecule has 0 aliphatic carbocycles. The van der Waals surface area contributed by atoms with Crippen LogP contribution in [0.15, 0.2) is 42.7 Å². The molecule has 0 unspecified atom stereocenters. The van der Waals surface area contributed by atoms with Crippen molar-refractivity contribution in [2.45, 2.75) is 13.8 Å². The summed E-state index contributed by atoms with van der Waals surface area (Å²) in [5.74, 6) is 1.59.